The number of aromatic nitrogens is 2. The highest BCUT2D eigenvalue weighted by atomic mass is 32.1. The van der Waals surface area contributed by atoms with Crippen LogP contribution in [0.3, 0.4) is 0 Å². The summed E-state index contributed by atoms with van der Waals surface area (Å²) in [5, 5.41) is 6.77. The maximum Gasteiger partial charge on any atom is 0.264 e. The molecule has 1 amide bonds. The minimum absolute atomic E-state index is 0.0611. The van der Waals surface area contributed by atoms with E-state index in [0.717, 1.165) is 16.9 Å². The fourth-order valence-electron chi connectivity index (χ4n) is 3.76. The van der Waals surface area contributed by atoms with Gasteiger partial charge in [0.05, 0.1) is 35.0 Å². The monoisotopic (exact) mass is 493 g/mol. The first-order valence-corrected chi connectivity index (χ1v) is 12.3. The number of rotatable bonds is 10. The van der Waals surface area contributed by atoms with E-state index in [2.05, 4.69) is 0 Å². The average molecular weight is 494 g/mol. The summed E-state index contributed by atoms with van der Waals surface area (Å²) in [5.41, 5.74) is 2.39. The van der Waals surface area contributed by atoms with E-state index in [9.17, 15) is 9.18 Å². The van der Waals surface area contributed by atoms with Gasteiger partial charge >= 0.3 is 0 Å². The lowest BCUT2D eigenvalue weighted by Gasteiger charge is -2.23. The second-order valence-electron chi connectivity index (χ2n) is 8.33. The Morgan fingerprint density at radius 2 is 1.91 bits per heavy atom. The third-order valence-corrected chi connectivity index (χ3v) is 6.32. The second kappa shape index (κ2) is 11.3. The normalized spacial score (nSPS) is 11.1. The van der Waals surface area contributed by atoms with Gasteiger partial charge in [-0.3, -0.25) is 4.79 Å². The molecule has 0 aliphatic carbocycles. The van der Waals surface area contributed by atoms with Gasteiger partial charge in [0, 0.05) is 19.7 Å². The van der Waals surface area contributed by atoms with Crippen LogP contribution in [0.15, 0.2) is 72.1 Å². The minimum atomic E-state index is -0.395. The molecule has 0 aliphatic heterocycles. The van der Waals surface area contributed by atoms with Crippen LogP contribution in [-0.4, -0.2) is 40.8 Å². The molecule has 0 aliphatic rings. The standard InChI is InChI=1S/C27H28FN3O3S/c1-19(2)25-23(18-30(14-15-33-3)26(32)24-13-8-16-35-24)27(34-22-12-7-9-20(28)17-22)31(29-25)21-10-5-4-6-11-21/h4-13,16-17,19H,14-15,18H2,1-3H3. The van der Waals surface area contributed by atoms with Gasteiger partial charge in [-0.2, -0.15) is 5.10 Å². The fraction of sp³-hybridized carbons (Fsp3) is 0.259. The zero-order valence-electron chi connectivity index (χ0n) is 20.0. The SMILES string of the molecule is COCCN(Cc1c(C(C)C)nn(-c2ccccc2)c1Oc1cccc(F)c1)C(=O)c1cccs1. The summed E-state index contributed by atoms with van der Waals surface area (Å²) in [6.45, 7) is 5.16. The number of methoxy groups -OCH3 is 1. The minimum Gasteiger partial charge on any atom is -0.438 e. The molecular formula is C27H28FN3O3S. The third kappa shape index (κ3) is 5.78. The molecule has 2 heterocycles. The first-order valence-electron chi connectivity index (χ1n) is 11.4. The van der Waals surface area contributed by atoms with E-state index >= 15 is 0 Å². The molecule has 0 saturated heterocycles. The summed E-state index contributed by atoms with van der Waals surface area (Å²) in [4.78, 5) is 15.7. The van der Waals surface area contributed by atoms with Crippen molar-refractivity contribution in [1.29, 1.82) is 0 Å². The molecule has 4 rings (SSSR count). The third-order valence-electron chi connectivity index (χ3n) is 5.46. The van der Waals surface area contributed by atoms with Crippen molar-refractivity contribution in [2.24, 2.45) is 0 Å². The predicted octanol–water partition coefficient (Wildman–Crippen LogP) is 6.28. The van der Waals surface area contributed by atoms with Crippen LogP contribution in [0.25, 0.3) is 5.69 Å². The fourth-order valence-corrected chi connectivity index (χ4v) is 4.45. The highest BCUT2D eigenvalue weighted by Crippen LogP contribution is 2.35. The van der Waals surface area contributed by atoms with Gasteiger partial charge < -0.3 is 14.4 Å². The Morgan fingerprint density at radius 1 is 1.11 bits per heavy atom. The van der Waals surface area contributed by atoms with E-state index in [1.807, 2.05) is 61.7 Å². The van der Waals surface area contributed by atoms with Crippen molar-refractivity contribution >= 4 is 17.2 Å². The van der Waals surface area contributed by atoms with Crippen molar-refractivity contribution in [3.8, 4) is 17.3 Å². The van der Waals surface area contributed by atoms with E-state index < -0.39 is 5.82 Å². The van der Waals surface area contributed by atoms with Gasteiger partial charge in [0.1, 0.15) is 11.6 Å². The van der Waals surface area contributed by atoms with Crippen LogP contribution in [0, 0.1) is 5.82 Å². The van der Waals surface area contributed by atoms with E-state index in [1.54, 1.807) is 28.8 Å². The molecule has 0 spiro atoms. The molecule has 0 N–H and O–H groups in total. The first kappa shape index (κ1) is 24.6. The van der Waals surface area contributed by atoms with Gasteiger partial charge in [-0.1, -0.05) is 44.2 Å². The first-order chi connectivity index (χ1) is 17.0. The van der Waals surface area contributed by atoms with Crippen molar-refractivity contribution in [3.05, 3.63) is 94.1 Å². The molecule has 2 aromatic heterocycles. The summed E-state index contributed by atoms with van der Waals surface area (Å²) in [6.07, 6.45) is 0. The maximum atomic E-state index is 14.0. The Bertz CT molecular complexity index is 1260. The lowest BCUT2D eigenvalue weighted by Crippen LogP contribution is -2.33. The van der Waals surface area contributed by atoms with Crippen molar-refractivity contribution in [1.82, 2.24) is 14.7 Å². The van der Waals surface area contributed by atoms with Gasteiger partial charge in [0.2, 0.25) is 5.88 Å². The van der Waals surface area contributed by atoms with E-state index in [0.29, 0.717) is 29.7 Å². The van der Waals surface area contributed by atoms with E-state index in [1.165, 1.54) is 23.5 Å². The molecule has 182 valence electrons. The smallest absolute Gasteiger partial charge is 0.264 e. The summed E-state index contributed by atoms with van der Waals surface area (Å²) in [7, 11) is 1.61. The van der Waals surface area contributed by atoms with E-state index in [4.69, 9.17) is 14.6 Å². The molecule has 2 aromatic carbocycles. The molecule has 8 heteroatoms. The number of para-hydroxylation sites is 1. The number of amides is 1. The number of carbonyl (C=O) groups excluding carboxylic acids is 1. The Kier molecular flexibility index (Phi) is 7.94. The van der Waals surface area contributed by atoms with Gasteiger partial charge in [0.15, 0.2) is 0 Å². The van der Waals surface area contributed by atoms with Crippen LogP contribution in [0.4, 0.5) is 4.39 Å². The quantitative estimate of drug-likeness (QED) is 0.261. The van der Waals surface area contributed by atoms with E-state index in [-0.39, 0.29) is 18.4 Å². The van der Waals surface area contributed by atoms with Gasteiger partial charge in [-0.05, 0) is 41.6 Å². The average Bonchev–Trinajstić information content (AvgIpc) is 3.51. The lowest BCUT2D eigenvalue weighted by atomic mass is 10.1. The van der Waals surface area contributed by atoms with Crippen LogP contribution >= 0.6 is 11.3 Å². The Balaban J connectivity index is 1.82. The Labute approximate surface area is 208 Å². The van der Waals surface area contributed by atoms with Crippen LogP contribution in [-0.2, 0) is 11.3 Å². The molecule has 4 aromatic rings. The Morgan fingerprint density at radius 3 is 2.57 bits per heavy atom. The number of benzene rings is 2. The zero-order valence-corrected chi connectivity index (χ0v) is 20.8. The summed E-state index contributed by atoms with van der Waals surface area (Å²) >= 11 is 1.40. The van der Waals surface area contributed by atoms with Crippen molar-refractivity contribution in [2.45, 2.75) is 26.3 Å². The lowest BCUT2D eigenvalue weighted by molar-refractivity contribution is 0.0683. The van der Waals surface area contributed by atoms with Crippen molar-refractivity contribution in [3.63, 3.8) is 0 Å². The molecule has 0 saturated carbocycles. The van der Waals surface area contributed by atoms with Crippen LogP contribution in [0.2, 0.25) is 0 Å². The zero-order chi connectivity index (χ0) is 24.8. The molecule has 0 unspecified atom stereocenters. The number of thiophene rings is 1. The molecule has 0 atom stereocenters. The molecule has 35 heavy (non-hydrogen) atoms. The second-order valence-corrected chi connectivity index (χ2v) is 9.27. The van der Waals surface area contributed by atoms with Crippen LogP contribution in [0.1, 0.15) is 40.7 Å². The summed E-state index contributed by atoms with van der Waals surface area (Å²) in [6, 6.07) is 19.3. The summed E-state index contributed by atoms with van der Waals surface area (Å²) in [5.74, 6) is 0.383. The highest BCUT2D eigenvalue weighted by molar-refractivity contribution is 7.12. The van der Waals surface area contributed by atoms with Crippen molar-refractivity contribution in [2.75, 3.05) is 20.3 Å². The number of ether oxygens (including phenoxy) is 2. The molecular weight excluding hydrogens is 465 g/mol. The molecule has 0 radical (unpaired) electrons. The molecule has 6 nitrogen and oxygen atoms in total. The topological polar surface area (TPSA) is 56.6 Å². The van der Waals surface area contributed by atoms with Gasteiger partial charge in [-0.25, -0.2) is 9.07 Å². The number of carbonyl (C=O) groups is 1. The predicted molar refractivity (Wildman–Crippen MR) is 135 cm³/mol. The highest BCUT2D eigenvalue weighted by Gasteiger charge is 2.27. The molecule has 0 fully saturated rings. The maximum absolute atomic E-state index is 14.0. The van der Waals surface area contributed by atoms with Crippen molar-refractivity contribution < 1.29 is 18.7 Å². The number of halogens is 1. The summed E-state index contributed by atoms with van der Waals surface area (Å²) < 4.78 is 27.3. The van der Waals surface area contributed by atoms with Gasteiger partial charge in [0.25, 0.3) is 5.91 Å². The van der Waals surface area contributed by atoms with Gasteiger partial charge in [-0.15, -0.1) is 11.3 Å². The number of hydrogen-bond donors (Lipinski definition) is 0. The molecule has 0 bridgehead atoms. The van der Waals surface area contributed by atoms with Crippen LogP contribution < -0.4 is 4.74 Å². The number of hydrogen-bond acceptors (Lipinski definition) is 5. The van der Waals surface area contributed by atoms with Crippen LogP contribution in [0.5, 0.6) is 11.6 Å². The Hall–Kier alpha value is -3.49. The largest absolute Gasteiger partial charge is 0.438 e. The number of nitrogens with zero attached hydrogens (tertiary/aromatic N) is 3.